The first-order chi connectivity index (χ1) is 13.1. The van der Waals surface area contributed by atoms with Crippen molar-refractivity contribution in [1.29, 1.82) is 0 Å². The molecule has 9 heteroatoms. The van der Waals surface area contributed by atoms with Crippen molar-refractivity contribution < 1.29 is 32.3 Å². The van der Waals surface area contributed by atoms with Gasteiger partial charge in [0.25, 0.3) is 5.91 Å². The van der Waals surface area contributed by atoms with Crippen LogP contribution in [-0.4, -0.2) is 24.4 Å². The standard InChI is InChI=1S/C19H17F3N2O4/c1-12(25)23-15-7-5-13(6-8-15)9-18(27)28-11-17(26)24-16-4-2-3-14(10-16)19(20,21)22/h2-8,10H,9,11H2,1H3,(H,23,25)(H,24,26). The van der Waals surface area contributed by atoms with Crippen LogP contribution < -0.4 is 10.6 Å². The fraction of sp³-hybridized carbons (Fsp3) is 0.211. The zero-order valence-electron chi connectivity index (χ0n) is 14.8. The average molecular weight is 394 g/mol. The predicted molar refractivity (Wildman–Crippen MR) is 95.5 cm³/mol. The second-order valence-electron chi connectivity index (χ2n) is 5.84. The number of hydrogen-bond acceptors (Lipinski definition) is 4. The van der Waals surface area contributed by atoms with Crippen LogP contribution in [0.15, 0.2) is 48.5 Å². The normalized spacial score (nSPS) is 10.9. The fourth-order valence-corrected chi connectivity index (χ4v) is 2.24. The van der Waals surface area contributed by atoms with E-state index in [9.17, 15) is 27.6 Å². The summed E-state index contributed by atoms with van der Waals surface area (Å²) < 4.78 is 42.8. The van der Waals surface area contributed by atoms with E-state index >= 15 is 0 Å². The third-order valence-corrected chi connectivity index (χ3v) is 3.46. The van der Waals surface area contributed by atoms with E-state index in [2.05, 4.69) is 10.6 Å². The summed E-state index contributed by atoms with van der Waals surface area (Å²) in [6.45, 7) is 0.745. The Morgan fingerprint density at radius 1 is 0.964 bits per heavy atom. The lowest BCUT2D eigenvalue weighted by Crippen LogP contribution is -2.22. The minimum atomic E-state index is -4.53. The zero-order chi connectivity index (χ0) is 20.7. The molecule has 6 nitrogen and oxygen atoms in total. The molecular weight excluding hydrogens is 377 g/mol. The van der Waals surface area contributed by atoms with Crippen molar-refractivity contribution in [1.82, 2.24) is 0 Å². The molecule has 0 fully saturated rings. The molecule has 0 aliphatic heterocycles. The van der Waals surface area contributed by atoms with E-state index in [4.69, 9.17) is 4.74 Å². The molecule has 0 saturated carbocycles. The molecule has 0 unspecified atom stereocenters. The molecule has 0 aromatic heterocycles. The lowest BCUT2D eigenvalue weighted by Gasteiger charge is -2.10. The Bertz CT molecular complexity index is 864. The number of amides is 2. The van der Waals surface area contributed by atoms with Crippen molar-refractivity contribution in [3.63, 3.8) is 0 Å². The van der Waals surface area contributed by atoms with E-state index in [1.54, 1.807) is 24.3 Å². The number of ether oxygens (including phenoxy) is 1. The highest BCUT2D eigenvalue weighted by Gasteiger charge is 2.30. The van der Waals surface area contributed by atoms with Crippen LogP contribution in [-0.2, 0) is 31.7 Å². The van der Waals surface area contributed by atoms with Gasteiger partial charge < -0.3 is 15.4 Å². The number of rotatable bonds is 6. The Labute approximate surface area is 158 Å². The topological polar surface area (TPSA) is 84.5 Å². The summed E-state index contributed by atoms with van der Waals surface area (Å²) in [5, 5.41) is 4.83. The number of alkyl halides is 3. The van der Waals surface area contributed by atoms with E-state index in [-0.39, 0.29) is 18.0 Å². The molecule has 0 saturated heterocycles. The van der Waals surface area contributed by atoms with Gasteiger partial charge in [0.1, 0.15) is 0 Å². The largest absolute Gasteiger partial charge is 0.455 e. The molecule has 2 N–H and O–H groups in total. The summed E-state index contributed by atoms with van der Waals surface area (Å²) in [6, 6.07) is 10.6. The predicted octanol–water partition coefficient (Wildman–Crippen LogP) is 3.39. The van der Waals surface area contributed by atoms with Crippen LogP contribution in [0.4, 0.5) is 24.5 Å². The van der Waals surface area contributed by atoms with Crippen molar-refractivity contribution in [2.75, 3.05) is 17.2 Å². The van der Waals surface area contributed by atoms with E-state index in [1.165, 1.54) is 13.0 Å². The Kier molecular flexibility index (Phi) is 6.75. The fourth-order valence-electron chi connectivity index (χ4n) is 2.24. The number of halogens is 3. The molecule has 0 heterocycles. The summed E-state index contributed by atoms with van der Waals surface area (Å²) in [4.78, 5) is 34.5. The van der Waals surface area contributed by atoms with E-state index in [0.29, 0.717) is 11.3 Å². The van der Waals surface area contributed by atoms with Gasteiger partial charge >= 0.3 is 12.1 Å². The Morgan fingerprint density at radius 3 is 2.25 bits per heavy atom. The third kappa shape index (κ3) is 6.75. The Morgan fingerprint density at radius 2 is 1.64 bits per heavy atom. The first kappa shape index (κ1) is 20.9. The number of benzene rings is 2. The Hall–Kier alpha value is -3.36. The van der Waals surface area contributed by atoms with Gasteiger partial charge in [0.05, 0.1) is 12.0 Å². The van der Waals surface area contributed by atoms with Gasteiger partial charge in [-0.2, -0.15) is 13.2 Å². The SMILES string of the molecule is CC(=O)Nc1ccc(CC(=O)OCC(=O)Nc2cccc(C(F)(F)F)c2)cc1. The van der Waals surface area contributed by atoms with E-state index < -0.39 is 30.2 Å². The molecular formula is C19H17F3N2O4. The van der Waals surface area contributed by atoms with Gasteiger partial charge in [0.2, 0.25) is 5.91 Å². The van der Waals surface area contributed by atoms with Crippen molar-refractivity contribution in [2.45, 2.75) is 19.5 Å². The smallest absolute Gasteiger partial charge is 0.416 e. The second-order valence-corrected chi connectivity index (χ2v) is 5.84. The average Bonchev–Trinajstić information content (AvgIpc) is 2.61. The second kappa shape index (κ2) is 9.03. The van der Waals surface area contributed by atoms with Crippen LogP contribution >= 0.6 is 0 Å². The molecule has 28 heavy (non-hydrogen) atoms. The van der Waals surface area contributed by atoms with Crippen LogP contribution in [0.3, 0.4) is 0 Å². The third-order valence-electron chi connectivity index (χ3n) is 3.46. The monoisotopic (exact) mass is 394 g/mol. The number of hydrogen-bond donors (Lipinski definition) is 2. The molecule has 2 amide bonds. The highest BCUT2D eigenvalue weighted by molar-refractivity contribution is 5.93. The summed E-state index contributed by atoms with van der Waals surface area (Å²) >= 11 is 0. The molecule has 2 aromatic carbocycles. The first-order valence-electron chi connectivity index (χ1n) is 8.13. The number of nitrogens with one attached hydrogen (secondary N) is 2. The lowest BCUT2D eigenvalue weighted by molar-refractivity contribution is -0.146. The maximum atomic E-state index is 12.7. The Balaban J connectivity index is 1.82. The summed E-state index contributed by atoms with van der Waals surface area (Å²) in [5.74, 6) is -1.65. The summed E-state index contributed by atoms with van der Waals surface area (Å²) in [7, 11) is 0. The van der Waals surface area contributed by atoms with Crippen molar-refractivity contribution in [3.05, 3.63) is 59.7 Å². The van der Waals surface area contributed by atoms with Crippen molar-refractivity contribution >= 4 is 29.2 Å². The molecule has 2 aromatic rings. The molecule has 0 radical (unpaired) electrons. The van der Waals surface area contributed by atoms with Gasteiger partial charge in [-0.25, -0.2) is 0 Å². The lowest BCUT2D eigenvalue weighted by atomic mass is 10.1. The quantitative estimate of drug-likeness (QED) is 0.736. The number of carbonyl (C=O) groups excluding carboxylic acids is 3. The molecule has 148 valence electrons. The molecule has 0 atom stereocenters. The molecule has 2 rings (SSSR count). The number of esters is 1. The molecule has 0 aliphatic rings. The summed E-state index contributed by atoms with van der Waals surface area (Å²) in [5.41, 5.74) is 0.233. The summed E-state index contributed by atoms with van der Waals surface area (Å²) in [6.07, 6.45) is -4.63. The minimum Gasteiger partial charge on any atom is -0.455 e. The van der Waals surface area contributed by atoms with Gasteiger partial charge in [-0.05, 0) is 35.9 Å². The number of anilines is 2. The minimum absolute atomic E-state index is 0.0514. The van der Waals surface area contributed by atoms with Crippen LogP contribution in [0.5, 0.6) is 0 Å². The number of carbonyl (C=O) groups is 3. The van der Waals surface area contributed by atoms with Crippen molar-refractivity contribution in [3.8, 4) is 0 Å². The van der Waals surface area contributed by atoms with Crippen LogP contribution in [0.2, 0.25) is 0 Å². The maximum absolute atomic E-state index is 12.7. The van der Waals surface area contributed by atoms with Crippen LogP contribution in [0.25, 0.3) is 0 Å². The highest BCUT2D eigenvalue weighted by Crippen LogP contribution is 2.30. The van der Waals surface area contributed by atoms with Gasteiger partial charge in [-0.1, -0.05) is 18.2 Å². The molecule has 0 spiro atoms. The van der Waals surface area contributed by atoms with Crippen molar-refractivity contribution in [2.24, 2.45) is 0 Å². The van der Waals surface area contributed by atoms with Crippen LogP contribution in [0, 0.1) is 0 Å². The zero-order valence-corrected chi connectivity index (χ0v) is 14.8. The first-order valence-corrected chi connectivity index (χ1v) is 8.13. The van der Waals surface area contributed by atoms with E-state index in [0.717, 1.165) is 18.2 Å². The maximum Gasteiger partial charge on any atom is 0.416 e. The highest BCUT2D eigenvalue weighted by atomic mass is 19.4. The molecule has 0 bridgehead atoms. The van der Waals surface area contributed by atoms with Crippen LogP contribution in [0.1, 0.15) is 18.1 Å². The van der Waals surface area contributed by atoms with E-state index in [1.807, 2.05) is 0 Å². The van der Waals surface area contributed by atoms with Gasteiger partial charge in [-0.15, -0.1) is 0 Å². The van der Waals surface area contributed by atoms with Gasteiger partial charge in [-0.3, -0.25) is 14.4 Å². The van der Waals surface area contributed by atoms with Gasteiger partial charge in [0, 0.05) is 18.3 Å². The van der Waals surface area contributed by atoms with Gasteiger partial charge in [0.15, 0.2) is 6.61 Å². The molecule has 0 aliphatic carbocycles.